The molecule has 0 unspecified atom stereocenters. The summed E-state index contributed by atoms with van der Waals surface area (Å²) in [5.41, 5.74) is 1.51. The molecule has 0 fully saturated rings. The molecule has 2 aromatic rings. The van der Waals surface area contributed by atoms with Crippen molar-refractivity contribution in [3.05, 3.63) is 76.1 Å². The average Bonchev–Trinajstić information content (AvgIpc) is 2.51. The summed E-state index contributed by atoms with van der Waals surface area (Å²) in [6.07, 6.45) is 1.47. The van der Waals surface area contributed by atoms with Crippen molar-refractivity contribution in [2.24, 2.45) is 0 Å². The molecule has 0 radical (unpaired) electrons. The number of aromatic nitrogens is 1. The van der Waals surface area contributed by atoms with E-state index in [0.717, 1.165) is 12.1 Å². The van der Waals surface area contributed by atoms with Gasteiger partial charge in [-0.05, 0) is 36.8 Å². The first-order chi connectivity index (χ1) is 10.5. The van der Waals surface area contributed by atoms with E-state index in [-0.39, 0.29) is 34.7 Å². The van der Waals surface area contributed by atoms with E-state index in [0.29, 0.717) is 11.1 Å². The molecule has 0 amide bonds. The van der Waals surface area contributed by atoms with Gasteiger partial charge in [-0.1, -0.05) is 6.07 Å². The molecule has 3 nitrogen and oxygen atoms in total. The van der Waals surface area contributed by atoms with Gasteiger partial charge in [-0.2, -0.15) is 4.39 Å². The first-order valence-corrected chi connectivity index (χ1v) is 6.66. The zero-order valence-corrected chi connectivity index (χ0v) is 11.7. The second kappa shape index (κ2) is 5.26. The number of hydrogen-bond donors (Lipinski definition) is 0. The molecule has 1 aliphatic carbocycles. The van der Waals surface area contributed by atoms with Crippen molar-refractivity contribution in [1.82, 2.24) is 4.98 Å². The Morgan fingerprint density at radius 1 is 1.00 bits per heavy atom. The number of fused-ring (bicyclic) bond motifs is 1. The summed E-state index contributed by atoms with van der Waals surface area (Å²) in [6, 6.07) is 6.25. The van der Waals surface area contributed by atoms with E-state index in [4.69, 9.17) is 0 Å². The first-order valence-electron chi connectivity index (χ1n) is 6.66. The summed E-state index contributed by atoms with van der Waals surface area (Å²) >= 11 is 0. The number of Topliss-reactive ketones (excluding diaryl/α,β-unsaturated/α-hetero) is 2. The molecular formula is C17H11F2NO2. The van der Waals surface area contributed by atoms with E-state index < -0.39 is 11.8 Å². The maximum atomic E-state index is 13.4. The maximum Gasteiger partial charge on any atom is 0.212 e. The molecule has 5 heteroatoms. The van der Waals surface area contributed by atoms with Crippen molar-refractivity contribution < 1.29 is 18.4 Å². The number of pyridine rings is 1. The lowest BCUT2D eigenvalue weighted by Gasteiger charge is -2.19. The van der Waals surface area contributed by atoms with Crippen LogP contribution < -0.4 is 0 Å². The molecule has 1 heterocycles. The van der Waals surface area contributed by atoms with Gasteiger partial charge in [0.05, 0.1) is 0 Å². The number of ketones is 2. The van der Waals surface area contributed by atoms with Crippen LogP contribution in [0.25, 0.3) is 0 Å². The largest absolute Gasteiger partial charge is 0.289 e. The summed E-state index contributed by atoms with van der Waals surface area (Å²) in [4.78, 5) is 28.4. The van der Waals surface area contributed by atoms with Crippen molar-refractivity contribution >= 4 is 11.6 Å². The van der Waals surface area contributed by atoms with Crippen LogP contribution in [0.2, 0.25) is 0 Å². The quantitative estimate of drug-likeness (QED) is 0.799. The molecule has 1 aromatic carbocycles. The number of hydrogen-bond acceptors (Lipinski definition) is 3. The molecule has 0 atom stereocenters. The highest BCUT2D eigenvalue weighted by molar-refractivity contribution is 6.26. The minimum Gasteiger partial charge on any atom is -0.289 e. The Balaban J connectivity index is 2.04. The second-order valence-electron chi connectivity index (χ2n) is 5.12. The van der Waals surface area contributed by atoms with Gasteiger partial charge >= 0.3 is 0 Å². The molecule has 0 bridgehead atoms. The first kappa shape index (κ1) is 14.3. The lowest BCUT2D eigenvalue weighted by molar-refractivity contribution is 0.0972. The summed E-state index contributed by atoms with van der Waals surface area (Å²) < 4.78 is 26.2. The van der Waals surface area contributed by atoms with E-state index in [1.54, 1.807) is 6.92 Å². The van der Waals surface area contributed by atoms with Gasteiger partial charge < -0.3 is 0 Å². The Kier molecular flexibility index (Phi) is 3.41. The highest BCUT2D eigenvalue weighted by atomic mass is 19.1. The monoisotopic (exact) mass is 299 g/mol. The number of halogens is 2. The number of allylic oxidation sites excluding steroid dienone is 2. The number of carbonyl (C=O) groups is 2. The third-order valence-electron chi connectivity index (χ3n) is 3.71. The molecule has 3 rings (SSSR count). The fourth-order valence-electron chi connectivity index (χ4n) is 2.50. The summed E-state index contributed by atoms with van der Waals surface area (Å²) in [7, 11) is 0. The molecule has 0 saturated carbocycles. The van der Waals surface area contributed by atoms with Crippen molar-refractivity contribution in [2.75, 3.05) is 0 Å². The van der Waals surface area contributed by atoms with Gasteiger partial charge in [-0.15, -0.1) is 0 Å². The number of nitrogens with zero attached hydrogens (tertiary/aromatic N) is 1. The van der Waals surface area contributed by atoms with Crippen LogP contribution in [0.15, 0.2) is 47.7 Å². The second-order valence-corrected chi connectivity index (χ2v) is 5.12. The predicted octanol–water partition coefficient (Wildman–Crippen LogP) is 3.30. The van der Waals surface area contributed by atoms with Crippen molar-refractivity contribution in [3.8, 4) is 0 Å². The van der Waals surface area contributed by atoms with Gasteiger partial charge in [0.25, 0.3) is 0 Å². The highest BCUT2D eigenvalue weighted by Gasteiger charge is 2.30. The lowest BCUT2D eigenvalue weighted by Crippen LogP contribution is -2.22. The fourth-order valence-corrected chi connectivity index (χ4v) is 2.50. The standard InChI is InChI=1S/C17H11F2NO2/c1-9-13(6-10-2-5-15(19)20-8-10)17(22)14-7-11(18)3-4-12(14)16(9)21/h2-5,7-8H,6H2,1H3. The Labute approximate surface area is 125 Å². The molecule has 1 aromatic heterocycles. The lowest BCUT2D eigenvalue weighted by atomic mass is 9.82. The van der Waals surface area contributed by atoms with Gasteiger partial charge in [-0.3, -0.25) is 9.59 Å². The van der Waals surface area contributed by atoms with Crippen LogP contribution in [0.3, 0.4) is 0 Å². The summed E-state index contributed by atoms with van der Waals surface area (Å²) in [6.45, 7) is 1.57. The van der Waals surface area contributed by atoms with Gasteiger partial charge in [0, 0.05) is 34.9 Å². The van der Waals surface area contributed by atoms with Crippen LogP contribution in [0, 0.1) is 11.8 Å². The summed E-state index contributed by atoms with van der Waals surface area (Å²) in [5, 5.41) is 0. The maximum absolute atomic E-state index is 13.4. The van der Waals surface area contributed by atoms with Crippen LogP contribution >= 0.6 is 0 Å². The van der Waals surface area contributed by atoms with Crippen LogP contribution in [0.1, 0.15) is 33.2 Å². The van der Waals surface area contributed by atoms with Gasteiger partial charge in [0.2, 0.25) is 5.95 Å². The summed E-state index contributed by atoms with van der Waals surface area (Å²) in [5.74, 6) is -1.86. The van der Waals surface area contributed by atoms with Crippen LogP contribution in [-0.4, -0.2) is 16.6 Å². The fraction of sp³-hybridized carbons (Fsp3) is 0.118. The molecule has 0 aliphatic heterocycles. The zero-order valence-electron chi connectivity index (χ0n) is 11.7. The Morgan fingerprint density at radius 3 is 2.45 bits per heavy atom. The van der Waals surface area contributed by atoms with Crippen molar-refractivity contribution in [3.63, 3.8) is 0 Å². The van der Waals surface area contributed by atoms with Crippen LogP contribution in [0.5, 0.6) is 0 Å². The topological polar surface area (TPSA) is 47.0 Å². The van der Waals surface area contributed by atoms with Gasteiger partial charge in [-0.25, -0.2) is 9.37 Å². The molecular weight excluding hydrogens is 288 g/mol. The average molecular weight is 299 g/mol. The van der Waals surface area contributed by atoms with E-state index in [1.165, 1.54) is 24.4 Å². The smallest absolute Gasteiger partial charge is 0.212 e. The Morgan fingerprint density at radius 2 is 1.77 bits per heavy atom. The minimum atomic E-state index is -0.618. The van der Waals surface area contributed by atoms with Crippen LogP contribution in [-0.2, 0) is 6.42 Å². The van der Waals surface area contributed by atoms with Gasteiger partial charge in [0.15, 0.2) is 11.6 Å². The van der Waals surface area contributed by atoms with E-state index in [1.807, 2.05) is 0 Å². The molecule has 0 spiro atoms. The van der Waals surface area contributed by atoms with Crippen molar-refractivity contribution in [1.29, 1.82) is 0 Å². The van der Waals surface area contributed by atoms with Crippen molar-refractivity contribution in [2.45, 2.75) is 13.3 Å². The number of benzene rings is 1. The SMILES string of the molecule is CC1=C(Cc2ccc(F)nc2)C(=O)c2cc(F)ccc2C1=O. The normalized spacial score (nSPS) is 14.3. The highest BCUT2D eigenvalue weighted by Crippen LogP contribution is 2.28. The zero-order chi connectivity index (χ0) is 15.9. The Bertz CT molecular complexity index is 823. The van der Waals surface area contributed by atoms with E-state index in [9.17, 15) is 18.4 Å². The third-order valence-corrected chi connectivity index (χ3v) is 3.71. The molecule has 110 valence electrons. The molecule has 0 saturated heterocycles. The predicted molar refractivity (Wildman–Crippen MR) is 75.7 cm³/mol. The molecule has 0 N–H and O–H groups in total. The number of rotatable bonds is 2. The van der Waals surface area contributed by atoms with Crippen LogP contribution in [0.4, 0.5) is 8.78 Å². The third kappa shape index (κ3) is 2.35. The van der Waals surface area contributed by atoms with E-state index in [2.05, 4.69) is 4.98 Å². The number of carbonyl (C=O) groups excluding carboxylic acids is 2. The van der Waals surface area contributed by atoms with Gasteiger partial charge in [0.1, 0.15) is 5.82 Å². The van der Waals surface area contributed by atoms with E-state index >= 15 is 0 Å². The molecule has 1 aliphatic rings. The Hall–Kier alpha value is -2.69. The molecule has 22 heavy (non-hydrogen) atoms. The minimum absolute atomic E-state index is 0.0701.